The van der Waals surface area contributed by atoms with Crippen LogP contribution in [0.4, 0.5) is 0 Å². The van der Waals surface area contributed by atoms with Crippen molar-refractivity contribution in [3.8, 4) is 5.69 Å². The van der Waals surface area contributed by atoms with Crippen LogP contribution in [0.5, 0.6) is 0 Å². The highest BCUT2D eigenvalue weighted by molar-refractivity contribution is 6.30. The Hall–Kier alpha value is -2.06. The molecule has 1 aromatic heterocycles. The fourth-order valence-corrected chi connectivity index (χ4v) is 2.20. The average Bonchev–Trinajstić information content (AvgIpc) is 2.39. The van der Waals surface area contributed by atoms with Crippen LogP contribution in [-0.2, 0) is 0 Å². The van der Waals surface area contributed by atoms with E-state index < -0.39 is 0 Å². The quantitative estimate of drug-likeness (QED) is 0.651. The maximum absolute atomic E-state index is 12.4. The van der Waals surface area contributed by atoms with Gasteiger partial charge in [0.25, 0.3) is 5.56 Å². The molecule has 2 aromatic carbocycles. The summed E-state index contributed by atoms with van der Waals surface area (Å²) in [6, 6.07) is 16.7. The molecule has 0 bridgehead atoms. The van der Waals surface area contributed by atoms with E-state index in [1.807, 2.05) is 42.5 Å². The normalized spacial score (nSPS) is 10.7. The Morgan fingerprint density at radius 3 is 2.61 bits per heavy atom. The summed E-state index contributed by atoms with van der Waals surface area (Å²) in [6.07, 6.45) is 1.77. The van der Waals surface area contributed by atoms with Gasteiger partial charge in [0, 0.05) is 16.6 Å². The second-order valence-corrected chi connectivity index (χ2v) is 4.49. The van der Waals surface area contributed by atoms with Crippen LogP contribution >= 0.6 is 11.6 Å². The maximum atomic E-state index is 12.4. The fourth-order valence-electron chi connectivity index (χ4n) is 2.02. The molecule has 0 aliphatic rings. The summed E-state index contributed by atoms with van der Waals surface area (Å²) >= 11 is 5.95. The lowest BCUT2D eigenvalue weighted by molar-refractivity contribution is 1.01. The van der Waals surface area contributed by atoms with Gasteiger partial charge in [-0.25, -0.2) is 0 Å². The molecule has 0 unspecified atom stereocenters. The Kier molecular flexibility index (Phi) is 2.65. The number of aromatic nitrogens is 1. The van der Waals surface area contributed by atoms with E-state index in [1.54, 1.807) is 22.9 Å². The van der Waals surface area contributed by atoms with Crippen LogP contribution in [0, 0.1) is 0 Å². The summed E-state index contributed by atoms with van der Waals surface area (Å²) in [6.45, 7) is 0. The Labute approximate surface area is 109 Å². The highest BCUT2D eigenvalue weighted by Crippen LogP contribution is 2.15. The molecule has 0 spiro atoms. The molecule has 0 atom stereocenters. The van der Waals surface area contributed by atoms with Gasteiger partial charge in [-0.1, -0.05) is 35.9 Å². The third-order valence-electron chi connectivity index (χ3n) is 2.90. The van der Waals surface area contributed by atoms with Crippen LogP contribution in [0.2, 0.25) is 5.02 Å². The Morgan fingerprint density at radius 1 is 0.944 bits per heavy atom. The van der Waals surface area contributed by atoms with Crippen molar-refractivity contribution in [1.82, 2.24) is 4.57 Å². The van der Waals surface area contributed by atoms with Crippen molar-refractivity contribution >= 4 is 22.4 Å². The minimum atomic E-state index is -0.0321. The summed E-state index contributed by atoms with van der Waals surface area (Å²) in [5.41, 5.74) is 0.744. The van der Waals surface area contributed by atoms with Gasteiger partial charge in [0.05, 0.1) is 5.69 Å². The molecule has 3 heteroatoms. The van der Waals surface area contributed by atoms with Crippen molar-refractivity contribution in [3.63, 3.8) is 0 Å². The summed E-state index contributed by atoms with van der Waals surface area (Å²) < 4.78 is 1.61. The van der Waals surface area contributed by atoms with Gasteiger partial charge in [-0.3, -0.25) is 9.36 Å². The van der Waals surface area contributed by atoms with Gasteiger partial charge in [0.2, 0.25) is 0 Å². The van der Waals surface area contributed by atoms with E-state index in [0.29, 0.717) is 10.4 Å². The fraction of sp³-hybridized carbons (Fsp3) is 0. The van der Waals surface area contributed by atoms with Crippen LogP contribution < -0.4 is 5.56 Å². The Bertz CT molecular complexity index is 777. The first-order chi connectivity index (χ1) is 8.75. The van der Waals surface area contributed by atoms with Crippen LogP contribution in [-0.4, -0.2) is 4.57 Å². The zero-order valence-corrected chi connectivity index (χ0v) is 10.3. The molecule has 2 nitrogen and oxygen atoms in total. The second kappa shape index (κ2) is 4.31. The van der Waals surface area contributed by atoms with Crippen molar-refractivity contribution < 1.29 is 0 Å². The molecular weight excluding hydrogens is 246 g/mol. The molecule has 0 fully saturated rings. The third-order valence-corrected chi connectivity index (χ3v) is 3.13. The topological polar surface area (TPSA) is 22.0 Å². The molecule has 18 heavy (non-hydrogen) atoms. The predicted octanol–water partition coefficient (Wildman–Crippen LogP) is 3.64. The van der Waals surface area contributed by atoms with E-state index in [2.05, 4.69) is 0 Å². The highest BCUT2D eigenvalue weighted by atomic mass is 35.5. The van der Waals surface area contributed by atoms with Crippen LogP contribution in [0.25, 0.3) is 16.5 Å². The monoisotopic (exact) mass is 255 g/mol. The van der Waals surface area contributed by atoms with E-state index in [1.165, 1.54) is 0 Å². The Morgan fingerprint density at radius 2 is 1.78 bits per heavy atom. The first-order valence-electron chi connectivity index (χ1n) is 5.62. The predicted molar refractivity (Wildman–Crippen MR) is 74.6 cm³/mol. The van der Waals surface area contributed by atoms with Gasteiger partial charge in [-0.15, -0.1) is 0 Å². The van der Waals surface area contributed by atoms with Crippen LogP contribution in [0.3, 0.4) is 0 Å². The largest absolute Gasteiger partial charge is 0.284 e. The molecular formula is C15H10ClNO. The number of fused-ring (bicyclic) bond motifs is 1. The molecule has 0 saturated carbocycles. The molecule has 3 aromatic rings. The third kappa shape index (κ3) is 1.81. The van der Waals surface area contributed by atoms with Crippen molar-refractivity contribution in [2.75, 3.05) is 0 Å². The number of rotatable bonds is 1. The summed E-state index contributed by atoms with van der Waals surface area (Å²) in [4.78, 5) is 12.4. The van der Waals surface area contributed by atoms with Gasteiger partial charge in [-0.05, 0) is 35.7 Å². The molecule has 1 heterocycles. The minimum Gasteiger partial charge on any atom is -0.284 e. The van der Waals surface area contributed by atoms with Crippen LogP contribution in [0.1, 0.15) is 0 Å². The first kappa shape index (κ1) is 11.1. The van der Waals surface area contributed by atoms with E-state index in [4.69, 9.17) is 11.6 Å². The van der Waals surface area contributed by atoms with Crippen molar-refractivity contribution in [2.45, 2.75) is 0 Å². The van der Waals surface area contributed by atoms with E-state index in [9.17, 15) is 4.79 Å². The zero-order valence-electron chi connectivity index (χ0n) is 9.51. The minimum absolute atomic E-state index is 0.0321. The molecule has 0 amide bonds. The number of hydrogen-bond acceptors (Lipinski definition) is 1. The molecule has 88 valence electrons. The van der Waals surface area contributed by atoms with Crippen molar-refractivity contribution in [1.29, 1.82) is 0 Å². The van der Waals surface area contributed by atoms with Gasteiger partial charge in [-0.2, -0.15) is 0 Å². The number of nitrogens with zero attached hydrogens (tertiary/aromatic N) is 1. The van der Waals surface area contributed by atoms with Gasteiger partial charge in [0.15, 0.2) is 0 Å². The maximum Gasteiger partial charge on any atom is 0.262 e. The van der Waals surface area contributed by atoms with Crippen molar-refractivity contribution in [2.24, 2.45) is 0 Å². The number of pyridine rings is 1. The smallest absolute Gasteiger partial charge is 0.262 e. The molecule has 0 aliphatic carbocycles. The number of benzene rings is 2. The number of halogens is 1. The summed E-state index contributed by atoms with van der Waals surface area (Å²) in [5.74, 6) is 0. The lowest BCUT2D eigenvalue weighted by Crippen LogP contribution is -2.17. The van der Waals surface area contributed by atoms with Gasteiger partial charge in [0.1, 0.15) is 0 Å². The van der Waals surface area contributed by atoms with Crippen molar-refractivity contribution in [3.05, 3.63) is 76.2 Å². The summed E-state index contributed by atoms with van der Waals surface area (Å²) in [5, 5.41) is 2.27. The van der Waals surface area contributed by atoms with E-state index in [0.717, 1.165) is 11.1 Å². The van der Waals surface area contributed by atoms with E-state index >= 15 is 0 Å². The SMILES string of the molecule is O=c1c2ccccc2ccn1-c1cccc(Cl)c1. The second-order valence-electron chi connectivity index (χ2n) is 4.06. The number of hydrogen-bond donors (Lipinski definition) is 0. The van der Waals surface area contributed by atoms with Gasteiger partial charge < -0.3 is 0 Å². The lowest BCUT2D eigenvalue weighted by Gasteiger charge is -2.07. The Balaban J connectivity index is 2.31. The lowest BCUT2D eigenvalue weighted by atomic mass is 10.2. The summed E-state index contributed by atoms with van der Waals surface area (Å²) in [7, 11) is 0. The first-order valence-corrected chi connectivity index (χ1v) is 6.00. The molecule has 0 radical (unpaired) electrons. The van der Waals surface area contributed by atoms with E-state index in [-0.39, 0.29) is 5.56 Å². The molecule has 0 aliphatic heterocycles. The zero-order chi connectivity index (χ0) is 12.5. The molecule has 0 N–H and O–H groups in total. The van der Waals surface area contributed by atoms with Crippen LogP contribution in [0.15, 0.2) is 65.6 Å². The highest BCUT2D eigenvalue weighted by Gasteiger charge is 2.04. The van der Waals surface area contributed by atoms with Gasteiger partial charge >= 0.3 is 0 Å². The molecule has 3 rings (SSSR count). The molecule has 0 saturated heterocycles. The standard InChI is InChI=1S/C15H10ClNO/c16-12-5-3-6-13(10-12)17-9-8-11-4-1-2-7-14(11)15(17)18/h1-10H. The average molecular weight is 256 g/mol.